The van der Waals surface area contributed by atoms with Crippen LogP contribution in [0.1, 0.15) is 46.3 Å². The zero-order valence-electron chi connectivity index (χ0n) is 17.1. The van der Waals surface area contributed by atoms with Gasteiger partial charge in [0.2, 0.25) is 5.76 Å². The molecule has 1 amide bonds. The van der Waals surface area contributed by atoms with Crippen LogP contribution in [0.15, 0.2) is 59.3 Å². The van der Waals surface area contributed by atoms with Crippen LogP contribution in [0.25, 0.3) is 0 Å². The zero-order chi connectivity index (χ0) is 20.8. The van der Waals surface area contributed by atoms with Gasteiger partial charge in [0.05, 0.1) is 18.5 Å². The van der Waals surface area contributed by atoms with Crippen molar-refractivity contribution in [2.45, 2.75) is 31.8 Å². The monoisotopic (exact) mass is 406 g/mol. The van der Waals surface area contributed by atoms with Gasteiger partial charge in [-0.25, -0.2) is 0 Å². The second-order valence-corrected chi connectivity index (χ2v) is 7.55. The molecule has 1 fully saturated rings. The molecule has 7 nitrogen and oxygen atoms in total. The van der Waals surface area contributed by atoms with Crippen LogP contribution < -0.4 is 10.1 Å². The molecule has 0 bridgehead atoms. The third-order valence-corrected chi connectivity index (χ3v) is 5.37. The Labute approximate surface area is 176 Å². The van der Waals surface area contributed by atoms with Crippen molar-refractivity contribution in [1.29, 1.82) is 0 Å². The highest BCUT2D eigenvalue weighted by atomic mass is 16.5. The fraction of sp³-hybridized carbons (Fsp3) is 0.348. The summed E-state index contributed by atoms with van der Waals surface area (Å²) in [6.07, 6.45) is 3.95. The summed E-state index contributed by atoms with van der Waals surface area (Å²) in [4.78, 5) is 19.3. The SMILES string of the molecule is COc1cccc(CNC(=O)c2cc([C@H]3CCCN(Cc4ccccn4)C3)no2)c1. The fourth-order valence-corrected chi connectivity index (χ4v) is 3.80. The van der Waals surface area contributed by atoms with Gasteiger partial charge in [-0.05, 0) is 49.2 Å². The molecule has 1 aliphatic heterocycles. The van der Waals surface area contributed by atoms with E-state index in [9.17, 15) is 4.79 Å². The van der Waals surface area contributed by atoms with Gasteiger partial charge in [-0.15, -0.1) is 0 Å². The van der Waals surface area contributed by atoms with E-state index in [0.717, 1.165) is 55.2 Å². The molecule has 1 aliphatic rings. The molecule has 156 valence electrons. The number of pyridine rings is 1. The first-order valence-electron chi connectivity index (χ1n) is 10.2. The lowest BCUT2D eigenvalue weighted by atomic mass is 9.94. The van der Waals surface area contributed by atoms with Crippen molar-refractivity contribution in [1.82, 2.24) is 20.4 Å². The van der Waals surface area contributed by atoms with Crippen LogP contribution in [0.4, 0.5) is 0 Å². The van der Waals surface area contributed by atoms with E-state index >= 15 is 0 Å². The molecule has 1 atom stereocenters. The number of ether oxygens (including phenoxy) is 1. The van der Waals surface area contributed by atoms with Crippen molar-refractivity contribution in [3.05, 3.63) is 77.4 Å². The molecule has 4 rings (SSSR count). The van der Waals surface area contributed by atoms with E-state index in [1.165, 1.54) is 0 Å². The smallest absolute Gasteiger partial charge is 0.290 e. The lowest BCUT2D eigenvalue weighted by Gasteiger charge is -2.31. The van der Waals surface area contributed by atoms with E-state index in [1.54, 1.807) is 13.2 Å². The number of piperidine rings is 1. The van der Waals surface area contributed by atoms with Crippen molar-refractivity contribution in [2.24, 2.45) is 0 Å². The van der Waals surface area contributed by atoms with E-state index in [2.05, 4.69) is 20.4 Å². The molecule has 0 aliphatic carbocycles. The Morgan fingerprint density at radius 3 is 3.03 bits per heavy atom. The number of benzene rings is 1. The predicted molar refractivity (Wildman–Crippen MR) is 112 cm³/mol. The van der Waals surface area contributed by atoms with E-state index in [-0.39, 0.29) is 17.6 Å². The first-order chi connectivity index (χ1) is 14.7. The normalized spacial score (nSPS) is 16.9. The highest BCUT2D eigenvalue weighted by Crippen LogP contribution is 2.27. The van der Waals surface area contributed by atoms with Gasteiger partial charge < -0.3 is 14.6 Å². The minimum absolute atomic E-state index is 0.245. The minimum atomic E-state index is -0.266. The molecule has 3 aromatic rings. The van der Waals surface area contributed by atoms with Gasteiger partial charge in [0.15, 0.2) is 0 Å². The van der Waals surface area contributed by atoms with E-state index in [1.807, 2.05) is 48.7 Å². The van der Waals surface area contributed by atoms with Crippen LogP contribution in [-0.2, 0) is 13.1 Å². The van der Waals surface area contributed by atoms with Crippen LogP contribution in [0.3, 0.4) is 0 Å². The summed E-state index contributed by atoms with van der Waals surface area (Å²) >= 11 is 0. The average molecular weight is 406 g/mol. The molecule has 1 aromatic carbocycles. The Bertz CT molecular complexity index is 973. The summed E-state index contributed by atoms with van der Waals surface area (Å²) in [6.45, 7) is 3.14. The number of hydrogen-bond acceptors (Lipinski definition) is 6. The second kappa shape index (κ2) is 9.54. The molecule has 0 saturated carbocycles. The molecular formula is C23H26N4O3. The number of nitrogens with one attached hydrogen (secondary N) is 1. The molecule has 3 heterocycles. The highest BCUT2D eigenvalue weighted by molar-refractivity contribution is 5.91. The van der Waals surface area contributed by atoms with E-state index in [0.29, 0.717) is 6.54 Å². The lowest BCUT2D eigenvalue weighted by Crippen LogP contribution is -2.34. The maximum Gasteiger partial charge on any atom is 0.290 e. The fourth-order valence-electron chi connectivity index (χ4n) is 3.80. The largest absolute Gasteiger partial charge is 0.497 e. The van der Waals surface area contributed by atoms with Crippen LogP contribution in [-0.4, -0.2) is 41.1 Å². The number of likely N-dealkylation sites (tertiary alicyclic amines) is 1. The Hall–Kier alpha value is -3.19. The lowest BCUT2D eigenvalue weighted by molar-refractivity contribution is 0.0913. The number of carbonyl (C=O) groups excluding carboxylic acids is 1. The van der Waals surface area contributed by atoms with Gasteiger partial charge in [-0.1, -0.05) is 23.4 Å². The molecule has 30 heavy (non-hydrogen) atoms. The standard InChI is InChI=1S/C23H26N4O3/c1-29-20-9-4-6-17(12-20)14-25-23(28)22-13-21(26-30-22)18-7-5-11-27(15-18)16-19-8-2-3-10-24-19/h2-4,6,8-10,12-13,18H,5,7,11,14-16H2,1H3,(H,25,28)/t18-/m0/s1. The van der Waals surface area contributed by atoms with Crippen molar-refractivity contribution in [3.63, 3.8) is 0 Å². The van der Waals surface area contributed by atoms with Crippen molar-refractivity contribution >= 4 is 5.91 Å². The van der Waals surface area contributed by atoms with Gasteiger partial charge in [0.25, 0.3) is 5.91 Å². The predicted octanol–water partition coefficient (Wildman–Crippen LogP) is 3.39. The highest BCUT2D eigenvalue weighted by Gasteiger charge is 2.25. The van der Waals surface area contributed by atoms with E-state index < -0.39 is 0 Å². The van der Waals surface area contributed by atoms with Crippen LogP contribution in [0.2, 0.25) is 0 Å². The topological polar surface area (TPSA) is 80.5 Å². The average Bonchev–Trinajstić information content (AvgIpc) is 3.29. The molecule has 1 N–H and O–H groups in total. The molecule has 1 saturated heterocycles. The quantitative estimate of drug-likeness (QED) is 0.648. The summed E-state index contributed by atoms with van der Waals surface area (Å²) in [6, 6.07) is 15.4. The van der Waals surface area contributed by atoms with Gasteiger partial charge in [0, 0.05) is 37.8 Å². The molecule has 0 radical (unpaired) electrons. The summed E-state index contributed by atoms with van der Waals surface area (Å²) in [5.41, 5.74) is 2.86. The number of hydrogen-bond donors (Lipinski definition) is 1. The number of methoxy groups -OCH3 is 1. The summed E-state index contributed by atoms with van der Waals surface area (Å²) in [7, 11) is 1.62. The Kier molecular flexibility index (Phi) is 6.39. The Morgan fingerprint density at radius 1 is 1.27 bits per heavy atom. The molecule has 7 heteroatoms. The molecule has 0 unspecified atom stereocenters. The van der Waals surface area contributed by atoms with Crippen LogP contribution in [0.5, 0.6) is 5.75 Å². The third-order valence-electron chi connectivity index (χ3n) is 5.37. The maximum atomic E-state index is 12.5. The van der Waals surface area contributed by atoms with Gasteiger partial charge in [0.1, 0.15) is 5.75 Å². The van der Waals surface area contributed by atoms with Crippen molar-refractivity contribution in [2.75, 3.05) is 20.2 Å². The minimum Gasteiger partial charge on any atom is -0.497 e. The number of rotatable bonds is 7. The number of aromatic nitrogens is 2. The molecule has 2 aromatic heterocycles. The van der Waals surface area contributed by atoms with Crippen LogP contribution in [0, 0.1) is 0 Å². The zero-order valence-corrected chi connectivity index (χ0v) is 17.1. The second-order valence-electron chi connectivity index (χ2n) is 7.55. The van der Waals surface area contributed by atoms with Gasteiger partial charge in [-0.3, -0.25) is 14.7 Å². The van der Waals surface area contributed by atoms with Crippen LogP contribution >= 0.6 is 0 Å². The molecular weight excluding hydrogens is 380 g/mol. The summed E-state index contributed by atoms with van der Waals surface area (Å²) in [5.74, 6) is 0.995. The maximum absolute atomic E-state index is 12.5. The number of nitrogens with zero attached hydrogens (tertiary/aromatic N) is 3. The van der Waals surface area contributed by atoms with Crippen molar-refractivity contribution in [3.8, 4) is 5.75 Å². The van der Waals surface area contributed by atoms with Gasteiger partial charge in [-0.2, -0.15) is 0 Å². The molecule has 0 spiro atoms. The summed E-state index contributed by atoms with van der Waals surface area (Å²) < 4.78 is 10.6. The Morgan fingerprint density at radius 2 is 2.20 bits per heavy atom. The first-order valence-corrected chi connectivity index (χ1v) is 10.2. The van der Waals surface area contributed by atoms with Crippen molar-refractivity contribution < 1.29 is 14.1 Å². The summed E-state index contributed by atoms with van der Waals surface area (Å²) in [5, 5.41) is 7.06. The van der Waals surface area contributed by atoms with E-state index in [4.69, 9.17) is 9.26 Å². The number of carbonyl (C=O) groups is 1. The Balaban J connectivity index is 1.34. The van der Waals surface area contributed by atoms with Gasteiger partial charge >= 0.3 is 0 Å². The first kappa shape index (κ1) is 20.1. The third kappa shape index (κ3) is 5.04. The number of amides is 1.